The molecule has 3 heterocycles. The Morgan fingerprint density at radius 3 is 2.74 bits per heavy atom. The van der Waals surface area contributed by atoms with Gasteiger partial charge in [0.1, 0.15) is 4.83 Å². The van der Waals surface area contributed by atoms with Gasteiger partial charge in [-0.3, -0.25) is 18.9 Å². The fraction of sp³-hybridized carbons (Fsp3) is 0.353. The summed E-state index contributed by atoms with van der Waals surface area (Å²) >= 11 is 1.52. The fourth-order valence-electron chi connectivity index (χ4n) is 2.64. The van der Waals surface area contributed by atoms with Gasteiger partial charge in [0.25, 0.3) is 5.56 Å². The van der Waals surface area contributed by atoms with E-state index in [1.165, 1.54) is 15.9 Å². The van der Waals surface area contributed by atoms with E-state index in [2.05, 4.69) is 18.8 Å². The molecule has 0 saturated carbocycles. The molecule has 0 spiro atoms. The highest BCUT2D eigenvalue weighted by Crippen LogP contribution is 2.25. The van der Waals surface area contributed by atoms with Crippen molar-refractivity contribution in [2.75, 3.05) is 0 Å². The Labute approximate surface area is 137 Å². The van der Waals surface area contributed by atoms with Crippen molar-refractivity contribution in [2.45, 2.75) is 26.8 Å². The molecule has 3 aromatic rings. The van der Waals surface area contributed by atoms with Crippen molar-refractivity contribution in [1.82, 2.24) is 14.1 Å². The van der Waals surface area contributed by atoms with Crippen molar-refractivity contribution >= 4 is 21.6 Å². The van der Waals surface area contributed by atoms with Crippen LogP contribution in [0.5, 0.6) is 0 Å². The van der Waals surface area contributed by atoms with Crippen LogP contribution in [0.2, 0.25) is 0 Å². The molecule has 0 bridgehead atoms. The molecule has 0 saturated heterocycles. The first-order valence-electron chi connectivity index (χ1n) is 7.58. The number of thiophene rings is 1. The number of pyridine rings is 1. The Kier molecular flexibility index (Phi) is 4.17. The van der Waals surface area contributed by atoms with Gasteiger partial charge in [-0.05, 0) is 23.6 Å². The smallest absolute Gasteiger partial charge is 0.284 e. The average Bonchev–Trinajstić information content (AvgIpc) is 2.94. The lowest BCUT2D eigenvalue weighted by Gasteiger charge is -2.11. The standard InChI is InChI=1S/C17H19N3O2S/c1-11(2)10-20-16-14(15(21)19(3)17(20)22)8-13(23-16)7-12-5-4-6-18-9-12/h4-6,8-9,11H,7,10H2,1-3H3. The molecule has 0 aliphatic carbocycles. The maximum Gasteiger partial charge on any atom is 0.331 e. The van der Waals surface area contributed by atoms with E-state index < -0.39 is 0 Å². The van der Waals surface area contributed by atoms with Crippen LogP contribution in [-0.2, 0) is 20.0 Å². The number of nitrogens with zero attached hydrogens (tertiary/aromatic N) is 3. The van der Waals surface area contributed by atoms with E-state index in [0.717, 1.165) is 15.3 Å². The van der Waals surface area contributed by atoms with Crippen LogP contribution in [0.15, 0.2) is 40.2 Å². The van der Waals surface area contributed by atoms with Crippen LogP contribution in [0.1, 0.15) is 24.3 Å². The molecule has 23 heavy (non-hydrogen) atoms. The van der Waals surface area contributed by atoms with Crippen LogP contribution >= 0.6 is 11.3 Å². The zero-order chi connectivity index (χ0) is 16.6. The van der Waals surface area contributed by atoms with Gasteiger partial charge in [-0.1, -0.05) is 19.9 Å². The minimum atomic E-state index is -0.244. The van der Waals surface area contributed by atoms with E-state index in [1.807, 2.05) is 24.4 Å². The monoisotopic (exact) mass is 329 g/mol. The molecule has 0 atom stereocenters. The SMILES string of the molecule is CC(C)Cn1c(=O)n(C)c(=O)c2cc(Cc3cccnc3)sc21. The lowest BCUT2D eigenvalue weighted by atomic mass is 10.2. The number of hydrogen-bond donors (Lipinski definition) is 0. The largest absolute Gasteiger partial charge is 0.331 e. The Morgan fingerprint density at radius 2 is 2.09 bits per heavy atom. The lowest BCUT2D eigenvalue weighted by molar-refractivity contribution is 0.504. The van der Waals surface area contributed by atoms with Crippen molar-refractivity contribution in [2.24, 2.45) is 13.0 Å². The summed E-state index contributed by atoms with van der Waals surface area (Å²) in [5, 5.41) is 0.622. The van der Waals surface area contributed by atoms with Crippen molar-refractivity contribution in [3.8, 4) is 0 Å². The second-order valence-corrected chi connectivity index (χ2v) is 7.24. The minimum Gasteiger partial charge on any atom is -0.284 e. The van der Waals surface area contributed by atoms with Gasteiger partial charge in [0.05, 0.1) is 5.39 Å². The molecule has 0 aromatic carbocycles. The van der Waals surface area contributed by atoms with E-state index >= 15 is 0 Å². The maximum absolute atomic E-state index is 12.4. The topological polar surface area (TPSA) is 56.9 Å². The first-order valence-corrected chi connectivity index (χ1v) is 8.40. The third kappa shape index (κ3) is 2.99. The van der Waals surface area contributed by atoms with Crippen LogP contribution in [-0.4, -0.2) is 14.1 Å². The van der Waals surface area contributed by atoms with Gasteiger partial charge >= 0.3 is 5.69 Å². The minimum absolute atomic E-state index is 0.223. The summed E-state index contributed by atoms with van der Waals surface area (Å²) in [7, 11) is 1.54. The molecule has 120 valence electrons. The zero-order valence-corrected chi connectivity index (χ0v) is 14.3. The predicted octanol–water partition coefficient (Wildman–Crippen LogP) is 2.40. The number of rotatable bonds is 4. The normalized spacial score (nSPS) is 11.5. The summed E-state index contributed by atoms with van der Waals surface area (Å²) in [6.45, 7) is 4.73. The summed E-state index contributed by atoms with van der Waals surface area (Å²) in [5.41, 5.74) is 0.623. The van der Waals surface area contributed by atoms with Crippen molar-refractivity contribution in [3.05, 3.63) is 61.9 Å². The van der Waals surface area contributed by atoms with E-state index in [4.69, 9.17) is 0 Å². The second kappa shape index (κ2) is 6.12. The Bertz CT molecular complexity index is 952. The van der Waals surface area contributed by atoms with Crippen molar-refractivity contribution < 1.29 is 0 Å². The van der Waals surface area contributed by atoms with E-state index in [-0.39, 0.29) is 11.2 Å². The van der Waals surface area contributed by atoms with Gasteiger partial charge in [-0.2, -0.15) is 0 Å². The molecule has 3 rings (SSSR count). The number of hydrogen-bond acceptors (Lipinski definition) is 4. The maximum atomic E-state index is 12.4. The van der Waals surface area contributed by atoms with Gasteiger partial charge in [0.15, 0.2) is 0 Å². The first kappa shape index (κ1) is 15.7. The summed E-state index contributed by atoms with van der Waals surface area (Å²) in [6.07, 6.45) is 4.28. The Balaban J connectivity index is 2.16. The highest BCUT2D eigenvalue weighted by molar-refractivity contribution is 7.18. The van der Waals surface area contributed by atoms with Crippen LogP contribution in [0, 0.1) is 5.92 Å². The van der Waals surface area contributed by atoms with Crippen LogP contribution < -0.4 is 11.2 Å². The van der Waals surface area contributed by atoms with Crippen molar-refractivity contribution in [1.29, 1.82) is 0 Å². The number of aromatic nitrogens is 3. The van der Waals surface area contributed by atoms with E-state index in [0.29, 0.717) is 24.3 Å². The van der Waals surface area contributed by atoms with Gasteiger partial charge < -0.3 is 0 Å². The Morgan fingerprint density at radius 1 is 1.30 bits per heavy atom. The molecule has 0 fully saturated rings. The zero-order valence-electron chi connectivity index (χ0n) is 13.4. The third-order valence-electron chi connectivity index (χ3n) is 3.71. The fourth-order valence-corrected chi connectivity index (χ4v) is 3.82. The van der Waals surface area contributed by atoms with Crippen LogP contribution in [0.4, 0.5) is 0 Å². The van der Waals surface area contributed by atoms with Gasteiger partial charge in [0, 0.05) is 37.3 Å². The third-order valence-corrected chi connectivity index (χ3v) is 4.87. The second-order valence-electron chi connectivity index (χ2n) is 6.12. The molecule has 0 N–H and O–H groups in total. The molecule has 6 heteroatoms. The number of fused-ring (bicyclic) bond motifs is 1. The van der Waals surface area contributed by atoms with Crippen molar-refractivity contribution in [3.63, 3.8) is 0 Å². The molecule has 0 radical (unpaired) electrons. The molecule has 5 nitrogen and oxygen atoms in total. The molecule has 0 aliphatic rings. The first-order chi connectivity index (χ1) is 11.0. The molecule has 0 unspecified atom stereocenters. The molecular formula is C17H19N3O2S. The average molecular weight is 329 g/mol. The molecule has 3 aromatic heterocycles. The highest BCUT2D eigenvalue weighted by Gasteiger charge is 2.15. The van der Waals surface area contributed by atoms with E-state index in [9.17, 15) is 9.59 Å². The summed E-state index contributed by atoms with van der Waals surface area (Å²) in [4.78, 5) is 30.8. The molecular weight excluding hydrogens is 310 g/mol. The summed E-state index contributed by atoms with van der Waals surface area (Å²) in [6, 6.07) is 5.82. The highest BCUT2D eigenvalue weighted by atomic mass is 32.1. The molecule has 0 aliphatic heterocycles. The Hall–Kier alpha value is -2.21. The van der Waals surface area contributed by atoms with Crippen LogP contribution in [0.3, 0.4) is 0 Å². The van der Waals surface area contributed by atoms with Crippen LogP contribution in [0.25, 0.3) is 10.2 Å². The summed E-state index contributed by atoms with van der Waals surface area (Å²) in [5.74, 6) is 0.331. The lowest BCUT2D eigenvalue weighted by Crippen LogP contribution is -2.38. The quantitative estimate of drug-likeness (QED) is 0.738. The van der Waals surface area contributed by atoms with Gasteiger partial charge in [0.2, 0.25) is 0 Å². The van der Waals surface area contributed by atoms with Gasteiger partial charge in [-0.15, -0.1) is 11.3 Å². The van der Waals surface area contributed by atoms with E-state index in [1.54, 1.807) is 17.8 Å². The predicted molar refractivity (Wildman–Crippen MR) is 93.2 cm³/mol. The summed E-state index contributed by atoms with van der Waals surface area (Å²) < 4.78 is 2.92. The van der Waals surface area contributed by atoms with Gasteiger partial charge in [-0.25, -0.2) is 4.79 Å². The molecule has 0 amide bonds.